The topological polar surface area (TPSA) is 56.3 Å². The van der Waals surface area contributed by atoms with E-state index >= 15 is 0 Å². The van der Waals surface area contributed by atoms with E-state index in [0.717, 1.165) is 42.2 Å². The molecule has 2 unspecified atom stereocenters. The molecule has 0 bridgehead atoms. The minimum Gasteiger partial charge on any atom is -0.267 e. The van der Waals surface area contributed by atoms with Crippen molar-refractivity contribution in [3.05, 3.63) is 88.7 Å². The summed E-state index contributed by atoms with van der Waals surface area (Å²) in [7, 11) is -3.40. The van der Waals surface area contributed by atoms with Gasteiger partial charge in [0.15, 0.2) is 0 Å². The van der Waals surface area contributed by atoms with Crippen molar-refractivity contribution in [1.82, 2.24) is 4.98 Å². The number of nitrogens with zero attached hydrogens (tertiary/aromatic N) is 1. The fraction of sp³-hybridized carbons (Fsp3) is 0.240. The summed E-state index contributed by atoms with van der Waals surface area (Å²) in [6.45, 7) is 0. The Hall–Kier alpha value is -2.65. The molecule has 1 heterocycles. The Morgan fingerprint density at radius 1 is 0.935 bits per heavy atom. The van der Waals surface area contributed by atoms with Gasteiger partial charge in [0.25, 0.3) is 10.1 Å². The molecule has 0 N–H and O–H groups in total. The van der Waals surface area contributed by atoms with Crippen molar-refractivity contribution in [2.75, 3.05) is 6.26 Å². The van der Waals surface area contributed by atoms with Crippen molar-refractivity contribution in [1.29, 1.82) is 0 Å². The van der Waals surface area contributed by atoms with E-state index in [1.165, 1.54) is 5.56 Å². The lowest BCUT2D eigenvalue weighted by Crippen LogP contribution is -2.14. The first-order valence-corrected chi connectivity index (χ1v) is 12.3. The molecule has 6 heteroatoms. The molecule has 4 nitrogen and oxygen atoms in total. The first-order chi connectivity index (χ1) is 14.9. The second kappa shape index (κ2) is 9.23. The van der Waals surface area contributed by atoms with Crippen molar-refractivity contribution in [3.63, 3.8) is 0 Å². The van der Waals surface area contributed by atoms with Gasteiger partial charge in [0, 0.05) is 22.3 Å². The van der Waals surface area contributed by atoms with Gasteiger partial charge in [0.1, 0.15) is 5.69 Å². The number of rotatable bonds is 4. The lowest BCUT2D eigenvalue weighted by molar-refractivity contribution is 0.218. The highest BCUT2D eigenvalue weighted by Crippen LogP contribution is 2.36. The molecular weight excluding hydrogens is 430 g/mol. The molecule has 1 aliphatic carbocycles. The maximum absolute atomic E-state index is 11.3. The molecule has 158 valence electrons. The van der Waals surface area contributed by atoms with Gasteiger partial charge in [-0.1, -0.05) is 47.9 Å². The fourth-order valence-electron chi connectivity index (χ4n) is 3.83. The summed E-state index contributed by atoms with van der Waals surface area (Å²) < 4.78 is 27.8. The molecule has 1 fully saturated rings. The van der Waals surface area contributed by atoms with Gasteiger partial charge >= 0.3 is 0 Å². The van der Waals surface area contributed by atoms with Crippen LogP contribution in [0.3, 0.4) is 0 Å². The first-order valence-electron chi connectivity index (χ1n) is 10.1. The van der Waals surface area contributed by atoms with Crippen molar-refractivity contribution in [2.24, 2.45) is 0 Å². The maximum Gasteiger partial charge on any atom is 0.264 e. The second-order valence-electron chi connectivity index (χ2n) is 7.74. The predicted octanol–water partition coefficient (Wildman–Crippen LogP) is 5.41. The van der Waals surface area contributed by atoms with E-state index in [1.807, 2.05) is 54.7 Å². The molecule has 4 rings (SSSR count). The molecule has 0 spiro atoms. The minimum atomic E-state index is -3.40. The molecule has 3 aromatic rings. The van der Waals surface area contributed by atoms with Crippen molar-refractivity contribution in [2.45, 2.75) is 31.3 Å². The predicted molar refractivity (Wildman–Crippen MR) is 123 cm³/mol. The van der Waals surface area contributed by atoms with E-state index < -0.39 is 10.1 Å². The molecule has 0 radical (unpaired) electrons. The molecular formula is C25H22ClNO3S. The zero-order chi connectivity index (χ0) is 21.8. The van der Waals surface area contributed by atoms with E-state index in [0.29, 0.717) is 16.6 Å². The summed E-state index contributed by atoms with van der Waals surface area (Å²) in [6.07, 6.45) is 5.11. The Bertz CT molecular complexity index is 1210. The number of aromatic nitrogens is 1. The number of pyridine rings is 1. The quantitative estimate of drug-likeness (QED) is 0.393. The van der Waals surface area contributed by atoms with Crippen LogP contribution in [0.25, 0.3) is 11.1 Å². The fourth-order valence-corrected chi connectivity index (χ4v) is 4.63. The first kappa shape index (κ1) is 21.6. The van der Waals surface area contributed by atoms with E-state index in [4.69, 9.17) is 15.8 Å². The van der Waals surface area contributed by atoms with Gasteiger partial charge < -0.3 is 0 Å². The zero-order valence-electron chi connectivity index (χ0n) is 17.1. The summed E-state index contributed by atoms with van der Waals surface area (Å²) >= 11 is 5.94. The molecule has 0 aliphatic heterocycles. The van der Waals surface area contributed by atoms with Gasteiger partial charge in [0.05, 0.1) is 12.4 Å². The molecule has 2 aromatic carbocycles. The Morgan fingerprint density at radius 3 is 2.29 bits per heavy atom. The average Bonchev–Trinajstić information content (AvgIpc) is 3.20. The smallest absolute Gasteiger partial charge is 0.264 e. The lowest BCUT2D eigenvalue weighted by atomic mass is 9.96. The molecule has 0 saturated heterocycles. The van der Waals surface area contributed by atoms with Crippen LogP contribution in [0.5, 0.6) is 0 Å². The van der Waals surface area contributed by atoms with E-state index in [9.17, 15) is 8.42 Å². The van der Waals surface area contributed by atoms with Gasteiger partial charge in [0.2, 0.25) is 0 Å². The van der Waals surface area contributed by atoms with Gasteiger partial charge in [-0.05, 0) is 72.6 Å². The van der Waals surface area contributed by atoms with Crippen LogP contribution in [0, 0.1) is 11.8 Å². The van der Waals surface area contributed by atoms with Gasteiger partial charge in [-0.25, -0.2) is 4.98 Å². The van der Waals surface area contributed by atoms with Crippen LogP contribution in [0.4, 0.5) is 0 Å². The summed E-state index contributed by atoms with van der Waals surface area (Å²) in [5.74, 6) is 6.57. The standard InChI is InChI=1S/C25H22ClNO3S/c1-31(28,29)30-25-15-10-21(16-25)19-5-2-18(3-6-19)4-13-24-14-9-22(17-27-24)20-7-11-23(26)12-8-20/h2-3,5-9,11-12,14,17,21,25H,10,15-16H2,1H3. The molecule has 1 aromatic heterocycles. The Balaban J connectivity index is 1.39. The third kappa shape index (κ3) is 5.95. The number of benzene rings is 2. The van der Waals surface area contributed by atoms with Crippen molar-refractivity contribution >= 4 is 21.7 Å². The lowest BCUT2D eigenvalue weighted by Gasteiger charge is -2.11. The molecule has 1 aliphatic rings. The van der Waals surface area contributed by atoms with E-state index in [-0.39, 0.29) is 6.10 Å². The van der Waals surface area contributed by atoms with Crippen LogP contribution in [0.1, 0.15) is 42.0 Å². The van der Waals surface area contributed by atoms with Crippen LogP contribution in [0.15, 0.2) is 66.9 Å². The van der Waals surface area contributed by atoms with Gasteiger partial charge in [-0.15, -0.1) is 0 Å². The highest BCUT2D eigenvalue weighted by molar-refractivity contribution is 7.86. The normalized spacial score (nSPS) is 18.4. The molecule has 2 atom stereocenters. The van der Waals surface area contributed by atoms with Gasteiger partial charge in [-0.2, -0.15) is 8.42 Å². The van der Waals surface area contributed by atoms with Crippen LogP contribution in [-0.4, -0.2) is 25.8 Å². The minimum absolute atomic E-state index is 0.221. The van der Waals surface area contributed by atoms with E-state index in [2.05, 4.69) is 29.0 Å². The van der Waals surface area contributed by atoms with Crippen LogP contribution < -0.4 is 0 Å². The SMILES string of the molecule is CS(=O)(=O)OC1CCC(c2ccc(C#Cc3ccc(-c4ccc(Cl)cc4)cn3)cc2)C1. The number of halogens is 1. The monoisotopic (exact) mass is 451 g/mol. The van der Waals surface area contributed by atoms with Crippen molar-refractivity contribution in [3.8, 4) is 23.0 Å². The maximum atomic E-state index is 11.3. The Labute approximate surface area is 188 Å². The summed E-state index contributed by atoms with van der Waals surface area (Å²) in [6, 6.07) is 19.7. The highest BCUT2D eigenvalue weighted by Gasteiger charge is 2.28. The molecule has 0 amide bonds. The molecule has 1 saturated carbocycles. The van der Waals surface area contributed by atoms with Crippen LogP contribution in [0.2, 0.25) is 5.02 Å². The highest BCUT2D eigenvalue weighted by atomic mass is 35.5. The van der Waals surface area contributed by atoms with Crippen LogP contribution in [-0.2, 0) is 14.3 Å². The summed E-state index contributed by atoms with van der Waals surface area (Å²) in [5, 5.41) is 0.709. The number of hydrogen-bond donors (Lipinski definition) is 0. The third-order valence-corrected chi connectivity index (χ3v) is 6.23. The average molecular weight is 452 g/mol. The van der Waals surface area contributed by atoms with Crippen LogP contribution >= 0.6 is 11.6 Å². The largest absolute Gasteiger partial charge is 0.267 e. The second-order valence-corrected chi connectivity index (χ2v) is 9.78. The third-order valence-electron chi connectivity index (χ3n) is 5.35. The molecule has 31 heavy (non-hydrogen) atoms. The zero-order valence-corrected chi connectivity index (χ0v) is 18.7. The van der Waals surface area contributed by atoms with E-state index in [1.54, 1.807) is 0 Å². The summed E-state index contributed by atoms with van der Waals surface area (Å²) in [5.41, 5.74) is 4.88. The Morgan fingerprint density at radius 2 is 1.65 bits per heavy atom. The summed E-state index contributed by atoms with van der Waals surface area (Å²) in [4.78, 5) is 4.44. The van der Waals surface area contributed by atoms with Crippen molar-refractivity contribution < 1.29 is 12.6 Å². The van der Waals surface area contributed by atoms with Gasteiger partial charge in [-0.3, -0.25) is 4.18 Å². The number of hydrogen-bond acceptors (Lipinski definition) is 4. The Kier molecular flexibility index (Phi) is 6.43.